The topological polar surface area (TPSA) is 37.6 Å². The molecule has 0 aromatic carbocycles. The first-order valence-electron chi connectivity index (χ1n) is 5.72. The summed E-state index contributed by atoms with van der Waals surface area (Å²) in [4.78, 5) is 2.10. The largest absolute Gasteiger partial charge is 0.467 e. The first kappa shape index (κ1) is 13.2. The molecule has 4 nitrogen and oxygen atoms in total. The van der Waals surface area contributed by atoms with Crippen molar-refractivity contribution in [2.75, 3.05) is 33.8 Å². The fourth-order valence-corrected chi connectivity index (χ4v) is 1.28. The maximum atomic E-state index is 5.49. The molecule has 0 saturated heterocycles. The van der Waals surface area contributed by atoms with Crippen LogP contribution in [0.4, 0.5) is 0 Å². The molecule has 0 unspecified atom stereocenters. The fourth-order valence-electron chi connectivity index (χ4n) is 1.28. The van der Waals surface area contributed by atoms with Crippen LogP contribution in [0.15, 0.2) is 16.7 Å². The molecule has 0 amide bonds. The zero-order valence-corrected chi connectivity index (χ0v) is 10.5. The second kappa shape index (κ2) is 7.44. The third kappa shape index (κ3) is 5.30. The van der Waals surface area contributed by atoms with Gasteiger partial charge in [0.2, 0.25) is 0 Å². The van der Waals surface area contributed by atoms with Crippen LogP contribution >= 0.6 is 0 Å². The summed E-state index contributed by atoms with van der Waals surface area (Å²) in [6, 6.07) is 2.04. The Morgan fingerprint density at radius 3 is 2.94 bits per heavy atom. The molecule has 0 radical (unpaired) electrons. The summed E-state index contributed by atoms with van der Waals surface area (Å²) in [5.74, 6) is 0.895. The average Bonchev–Trinajstić information content (AvgIpc) is 2.69. The Balaban J connectivity index is 2.19. The average molecular weight is 226 g/mol. The molecule has 0 spiro atoms. The predicted octanol–water partition coefficient (Wildman–Crippen LogP) is 1.47. The van der Waals surface area contributed by atoms with Gasteiger partial charge < -0.3 is 19.4 Å². The Labute approximate surface area is 97.6 Å². The van der Waals surface area contributed by atoms with Gasteiger partial charge in [-0.25, -0.2) is 0 Å². The molecule has 0 fully saturated rings. The van der Waals surface area contributed by atoms with Crippen LogP contribution in [-0.2, 0) is 17.9 Å². The molecule has 1 rings (SSSR count). The van der Waals surface area contributed by atoms with Crippen molar-refractivity contribution in [1.82, 2.24) is 10.2 Å². The molecule has 1 aromatic heterocycles. The fraction of sp³-hybridized carbons (Fsp3) is 0.667. The van der Waals surface area contributed by atoms with Gasteiger partial charge in [-0.15, -0.1) is 0 Å². The summed E-state index contributed by atoms with van der Waals surface area (Å²) in [6.45, 7) is 6.14. The Bertz CT molecular complexity index is 284. The highest BCUT2D eigenvalue weighted by molar-refractivity contribution is 5.11. The van der Waals surface area contributed by atoms with Crippen LogP contribution in [0.1, 0.15) is 18.2 Å². The van der Waals surface area contributed by atoms with E-state index in [1.807, 2.05) is 20.2 Å². The summed E-state index contributed by atoms with van der Waals surface area (Å²) in [5, 5.41) is 3.25. The van der Waals surface area contributed by atoms with Gasteiger partial charge in [0.05, 0.1) is 12.9 Å². The van der Waals surface area contributed by atoms with Gasteiger partial charge in [-0.05, 0) is 26.7 Å². The molecule has 0 bridgehead atoms. The minimum absolute atomic E-state index is 0.556. The van der Waals surface area contributed by atoms with Gasteiger partial charge >= 0.3 is 0 Å². The minimum Gasteiger partial charge on any atom is -0.467 e. The van der Waals surface area contributed by atoms with E-state index in [-0.39, 0.29) is 0 Å². The van der Waals surface area contributed by atoms with E-state index in [0.29, 0.717) is 6.61 Å². The third-order valence-electron chi connectivity index (χ3n) is 2.21. The van der Waals surface area contributed by atoms with Gasteiger partial charge in [0.15, 0.2) is 0 Å². The second-order valence-electron chi connectivity index (χ2n) is 4.06. The highest BCUT2D eigenvalue weighted by Crippen LogP contribution is 2.08. The molecule has 0 aliphatic carbocycles. The van der Waals surface area contributed by atoms with E-state index in [2.05, 4.69) is 17.1 Å². The Morgan fingerprint density at radius 2 is 2.25 bits per heavy atom. The van der Waals surface area contributed by atoms with E-state index >= 15 is 0 Å². The maximum absolute atomic E-state index is 5.49. The lowest BCUT2D eigenvalue weighted by Crippen LogP contribution is -2.17. The Morgan fingerprint density at radius 1 is 1.44 bits per heavy atom. The Kier molecular flexibility index (Phi) is 6.15. The SMILES string of the molecule is CCNCc1coc(COCCN(C)C)c1. The molecule has 1 N–H and O–H groups in total. The van der Waals surface area contributed by atoms with Crippen LogP contribution < -0.4 is 5.32 Å². The first-order valence-corrected chi connectivity index (χ1v) is 5.72. The smallest absolute Gasteiger partial charge is 0.129 e. The number of nitrogens with zero attached hydrogens (tertiary/aromatic N) is 1. The van der Waals surface area contributed by atoms with E-state index in [4.69, 9.17) is 9.15 Å². The number of furan rings is 1. The van der Waals surface area contributed by atoms with Crippen LogP contribution in [0.5, 0.6) is 0 Å². The van der Waals surface area contributed by atoms with Crippen molar-refractivity contribution in [3.63, 3.8) is 0 Å². The van der Waals surface area contributed by atoms with Crippen LogP contribution in [0.25, 0.3) is 0 Å². The van der Waals surface area contributed by atoms with Crippen LogP contribution in [0.3, 0.4) is 0 Å². The van der Waals surface area contributed by atoms with Gasteiger partial charge in [-0.2, -0.15) is 0 Å². The third-order valence-corrected chi connectivity index (χ3v) is 2.21. The van der Waals surface area contributed by atoms with Gasteiger partial charge in [0, 0.05) is 18.7 Å². The van der Waals surface area contributed by atoms with Gasteiger partial charge in [-0.1, -0.05) is 6.92 Å². The van der Waals surface area contributed by atoms with Crippen molar-refractivity contribution >= 4 is 0 Å². The van der Waals surface area contributed by atoms with Gasteiger partial charge in [0.25, 0.3) is 0 Å². The molecule has 1 heterocycles. The predicted molar refractivity (Wildman–Crippen MR) is 64.3 cm³/mol. The molecule has 0 atom stereocenters. The molecule has 92 valence electrons. The van der Waals surface area contributed by atoms with Crippen molar-refractivity contribution in [1.29, 1.82) is 0 Å². The quantitative estimate of drug-likeness (QED) is 0.681. The van der Waals surface area contributed by atoms with Crippen molar-refractivity contribution in [3.8, 4) is 0 Å². The van der Waals surface area contributed by atoms with Crippen molar-refractivity contribution in [2.45, 2.75) is 20.1 Å². The number of hydrogen-bond acceptors (Lipinski definition) is 4. The minimum atomic E-state index is 0.556. The zero-order chi connectivity index (χ0) is 11.8. The molecule has 0 saturated carbocycles. The molecule has 1 aromatic rings. The molecule has 4 heteroatoms. The lowest BCUT2D eigenvalue weighted by atomic mass is 10.3. The maximum Gasteiger partial charge on any atom is 0.129 e. The number of nitrogens with one attached hydrogen (secondary N) is 1. The van der Waals surface area contributed by atoms with Crippen molar-refractivity contribution in [3.05, 3.63) is 23.7 Å². The van der Waals surface area contributed by atoms with Crippen LogP contribution in [0.2, 0.25) is 0 Å². The van der Waals surface area contributed by atoms with Crippen LogP contribution in [0, 0.1) is 0 Å². The van der Waals surface area contributed by atoms with Gasteiger partial charge in [0.1, 0.15) is 12.4 Å². The molecule has 16 heavy (non-hydrogen) atoms. The molecule has 0 aliphatic heterocycles. The van der Waals surface area contributed by atoms with Gasteiger partial charge in [-0.3, -0.25) is 0 Å². The van der Waals surface area contributed by atoms with E-state index in [9.17, 15) is 0 Å². The molecular formula is C12H22N2O2. The normalized spacial score (nSPS) is 11.2. The molecular weight excluding hydrogens is 204 g/mol. The number of hydrogen-bond donors (Lipinski definition) is 1. The number of rotatable bonds is 8. The summed E-state index contributed by atoms with van der Waals surface area (Å²) in [6.07, 6.45) is 1.79. The van der Waals surface area contributed by atoms with Crippen molar-refractivity contribution < 1.29 is 9.15 Å². The van der Waals surface area contributed by atoms with Crippen molar-refractivity contribution in [2.24, 2.45) is 0 Å². The number of ether oxygens (including phenoxy) is 1. The van der Waals surface area contributed by atoms with Crippen LogP contribution in [-0.4, -0.2) is 38.7 Å². The highest BCUT2D eigenvalue weighted by Gasteiger charge is 2.01. The van der Waals surface area contributed by atoms with E-state index in [0.717, 1.165) is 32.0 Å². The van der Waals surface area contributed by atoms with E-state index in [1.165, 1.54) is 5.56 Å². The highest BCUT2D eigenvalue weighted by atomic mass is 16.5. The summed E-state index contributed by atoms with van der Waals surface area (Å²) < 4.78 is 10.9. The first-order chi connectivity index (χ1) is 7.72. The monoisotopic (exact) mass is 226 g/mol. The van der Waals surface area contributed by atoms with E-state index < -0.39 is 0 Å². The summed E-state index contributed by atoms with van der Waals surface area (Å²) in [5.41, 5.74) is 1.17. The Hall–Kier alpha value is -0.840. The van der Waals surface area contributed by atoms with E-state index in [1.54, 1.807) is 6.26 Å². The summed E-state index contributed by atoms with van der Waals surface area (Å²) >= 11 is 0. The lowest BCUT2D eigenvalue weighted by molar-refractivity contribution is 0.0926. The standard InChI is InChI=1S/C12H22N2O2/c1-4-13-8-11-7-12(16-9-11)10-15-6-5-14(2)3/h7,9,13H,4-6,8,10H2,1-3H3. The molecule has 0 aliphatic rings. The second-order valence-corrected chi connectivity index (χ2v) is 4.06. The zero-order valence-electron chi connectivity index (χ0n) is 10.5. The lowest BCUT2D eigenvalue weighted by Gasteiger charge is -2.08. The number of likely N-dealkylation sites (N-methyl/N-ethyl adjacent to an activating group) is 1. The summed E-state index contributed by atoms with van der Waals surface area (Å²) in [7, 11) is 4.07.